The van der Waals surface area contributed by atoms with Crippen LogP contribution in [0.1, 0.15) is 12.5 Å². The molecule has 104 valence electrons. The Kier molecular flexibility index (Phi) is 5.09. The topological polar surface area (TPSA) is 54.4 Å². The van der Waals surface area contributed by atoms with Crippen LogP contribution in [0, 0.1) is 0 Å². The predicted molar refractivity (Wildman–Crippen MR) is 84.7 cm³/mol. The van der Waals surface area contributed by atoms with Crippen LogP contribution in [-0.2, 0) is 9.59 Å². The number of carboxylic acids is 1. The number of hydrogen-bond acceptors (Lipinski definition) is 4. The summed E-state index contributed by atoms with van der Waals surface area (Å²) >= 11 is 2.90. The minimum atomic E-state index is -1.16. The van der Waals surface area contributed by atoms with Crippen LogP contribution in [-0.4, -0.2) is 27.9 Å². The number of aliphatic carboxylic acids is 1. The van der Waals surface area contributed by atoms with Crippen LogP contribution in [0.4, 0.5) is 0 Å². The summed E-state index contributed by atoms with van der Waals surface area (Å²) in [6, 6.07) is 9.34. The standard InChI is InChI=1S/C15H14O3S2/c1-10-9-19-15(20-10)13(14(17)18)12(16)8-7-11-5-3-2-4-6-11/h2-8,10H,9H2,1H3,(H,17,18)/b8-7+,15-13+/t10-/m0/s1. The third-order valence-corrected chi connectivity index (χ3v) is 5.62. The van der Waals surface area contributed by atoms with Gasteiger partial charge in [0.2, 0.25) is 0 Å². The summed E-state index contributed by atoms with van der Waals surface area (Å²) < 4.78 is 0.618. The van der Waals surface area contributed by atoms with Gasteiger partial charge in [-0.05, 0) is 11.6 Å². The predicted octanol–water partition coefficient (Wildman–Crippen LogP) is 3.43. The van der Waals surface area contributed by atoms with E-state index >= 15 is 0 Å². The highest BCUT2D eigenvalue weighted by Gasteiger charge is 2.27. The van der Waals surface area contributed by atoms with Gasteiger partial charge in [-0.2, -0.15) is 0 Å². The molecule has 3 nitrogen and oxygen atoms in total. The quantitative estimate of drug-likeness (QED) is 0.525. The third-order valence-electron chi connectivity index (χ3n) is 2.65. The van der Waals surface area contributed by atoms with Crippen LogP contribution in [0.3, 0.4) is 0 Å². The lowest BCUT2D eigenvalue weighted by atomic mass is 10.1. The van der Waals surface area contributed by atoms with Gasteiger partial charge in [0, 0.05) is 11.0 Å². The fourth-order valence-electron chi connectivity index (χ4n) is 1.69. The van der Waals surface area contributed by atoms with Crippen molar-refractivity contribution < 1.29 is 14.7 Å². The van der Waals surface area contributed by atoms with Crippen LogP contribution >= 0.6 is 23.5 Å². The van der Waals surface area contributed by atoms with Crippen LogP contribution < -0.4 is 0 Å². The molecule has 1 fully saturated rings. The lowest BCUT2D eigenvalue weighted by Gasteiger charge is -2.02. The van der Waals surface area contributed by atoms with Crippen molar-refractivity contribution >= 4 is 41.4 Å². The number of carbonyl (C=O) groups is 2. The van der Waals surface area contributed by atoms with Crippen molar-refractivity contribution in [3.8, 4) is 0 Å². The summed E-state index contributed by atoms with van der Waals surface area (Å²) in [5, 5.41) is 9.59. The van der Waals surface area contributed by atoms with Gasteiger partial charge in [0.25, 0.3) is 0 Å². The van der Waals surface area contributed by atoms with Crippen molar-refractivity contribution in [3.63, 3.8) is 0 Å². The summed E-state index contributed by atoms with van der Waals surface area (Å²) in [7, 11) is 0. The Labute approximate surface area is 126 Å². The number of hydrogen-bond donors (Lipinski definition) is 1. The maximum Gasteiger partial charge on any atom is 0.341 e. The van der Waals surface area contributed by atoms with E-state index in [1.165, 1.54) is 29.6 Å². The van der Waals surface area contributed by atoms with E-state index in [-0.39, 0.29) is 5.57 Å². The number of rotatable bonds is 4. The van der Waals surface area contributed by atoms with Crippen LogP contribution in [0.25, 0.3) is 6.08 Å². The van der Waals surface area contributed by atoms with Gasteiger partial charge in [-0.25, -0.2) is 4.79 Å². The Bertz CT molecular complexity index is 576. The number of carbonyl (C=O) groups excluding carboxylic acids is 1. The van der Waals surface area contributed by atoms with Crippen molar-refractivity contribution in [3.05, 3.63) is 51.8 Å². The molecular formula is C15H14O3S2. The number of carboxylic acid groups (broad SMARTS) is 1. The van der Waals surface area contributed by atoms with E-state index in [4.69, 9.17) is 0 Å². The van der Waals surface area contributed by atoms with E-state index in [2.05, 4.69) is 0 Å². The van der Waals surface area contributed by atoms with E-state index in [1.54, 1.807) is 6.08 Å². The zero-order valence-corrected chi connectivity index (χ0v) is 12.5. The number of benzene rings is 1. The summed E-state index contributed by atoms with van der Waals surface area (Å²) in [6.45, 7) is 2.02. The minimum absolute atomic E-state index is 0.114. The van der Waals surface area contributed by atoms with Gasteiger partial charge in [-0.15, -0.1) is 23.5 Å². The molecule has 0 aromatic heterocycles. The second-order valence-corrected chi connectivity index (χ2v) is 7.05. The van der Waals surface area contributed by atoms with Crippen molar-refractivity contribution in [1.29, 1.82) is 0 Å². The van der Waals surface area contributed by atoms with Gasteiger partial charge in [0.05, 0.1) is 4.24 Å². The first kappa shape index (κ1) is 14.9. The third kappa shape index (κ3) is 3.77. The highest BCUT2D eigenvalue weighted by molar-refractivity contribution is 8.25. The monoisotopic (exact) mass is 306 g/mol. The lowest BCUT2D eigenvalue weighted by Crippen LogP contribution is -2.11. The minimum Gasteiger partial charge on any atom is -0.477 e. The number of thioether (sulfide) groups is 2. The second-order valence-electron chi connectivity index (χ2n) is 4.32. The fraction of sp³-hybridized carbons (Fsp3) is 0.200. The van der Waals surface area contributed by atoms with Crippen LogP contribution in [0.2, 0.25) is 0 Å². The van der Waals surface area contributed by atoms with Crippen molar-refractivity contribution in [2.75, 3.05) is 5.75 Å². The zero-order chi connectivity index (χ0) is 14.5. The molecule has 1 aliphatic heterocycles. The van der Waals surface area contributed by atoms with E-state index in [0.717, 1.165) is 11.3 Å². The molecule has 0 bridgehead atoms. The first-order valence-corrected chi connectivity index (χ1v) is 7.99. The molecule has 1 aromatic rings. The van der Waals surface area contributed by atoms with Gasteiger partial charge in [-0.1, -0.05) is 43.3 Å². The Morgan fingerprint density at radius 3 is 2.55 bits per heavy atom. The number of ketones is 1. The maximum atomic E-state index is 12.1. The highest BCUT2D eigenvalue weighted by atomic mass is 32.2. The summed E-state index contributed by atoms with van der Waals surface area (Å²) in [4.78, 5) is 23.4. The van der Waals surface area contributed by atoms with Crippen molar-refractivity contribution in [2.45, 2.75) is 12.2 Å². The van der Waals surface area contributed by atoms with Gasteiger partial charge in [0.15, 0.2) is 5.78 Å². The molecule has 0 spiro atoms. The molecule has 1 aromatic carbocycles. The van der Waals surface area contributed by atoms with E-state index in [0.29, 0.717) is 9.49 Å². The molecule has 0 amide bonds. The van der Waals surface area contributed by atoms with Gasteiger partial charge in [0.1, 0.15) is 5.57 Å². The molecule has 1 aliphatic rings. The smallest absolute Gasteiger partial charge is 0.341 e. The molecule has 1 saturated heterocycles. The van der Waals surface area contributed by atoms with Crippen molar-refractivity contribution in [2.24, 2.45) is 0 Å². The molecule has 0 aliphatic carbocycles. The average molecular weight is 306 g/mol. The Balaban J connectivity index is 2.21. The SMILES string of the molecule is C[C@H]1CS/C(=C(\C(=O)O)C(=O)/C=C/c2ccccc2)S1. The fourth-order valence-corrected chi connectivity index (χ4v) is 4.52. The summed E-state index contributed by atoms with van der Waals surface area (Å²) in [5.41, 5.74) is 0.757. The highest BCUT2D eigenvalue weighted by Crippen LogP contribution is 2.43. The Hall–Kier alpha value is -1.46. The second kappa shape index (κ2) is 6.81. The molecule has 0 radical (unpaired) electrons. The number of allylic oxidation sites excluding steroid dienone is 1. The normalized spacial score (nSPS) is 21.1. The van der Waals surface area contributed by atoms with Gasteiger partial charge < -0.3 is 5.11 Å². The molecule has 1 atom stereocenters. The van der Waals surface area contributed by atoms with Gasteiger partial charge >= 0.3 is 5.97 Å². The van der Waals surface area contributed by atoms with E-state index < -0.39 is 11.8 Å². The first-order valence-electron chi connectivity index (χ1n) is 6.12. The lowest BCUT2D eigenvalue weighted by molar-refractivity contribution is -0.134. The largest absolute Gasteiger partial charge is 0.477 e. The Morgan fingerprint density at radius 2 is 2.00 bits per heavy atom. The molecule has 1 heterocycles. The first-order chi connectivity index (χ1) is 9.58. The molecule has 20 heavy (non-hydrogen) atoms. The molecular weight excluding hydrogens is 292 g/mol. The molecule has 5 heteroatoms. The molecule has 2 rings (SSSR count). The molecule has 0 saturated carbocycles. The average Bonchev–Trinajstić information content (AvgIpc) is 2.83. The van der Waals surface area contributed by atoms with Crippen LogP contribution in [0.5, 0.6) is 0 Å². The molecule has 0 unspecified atom stereocenters. The van der Waals surface area contributed by atoms with E-state index in [9.17, 15) is 14.7 Å². The van der Waals surface area contributed by atoms with E-state index in [1.807, 2.05) is 37.3 Å². The summed E-state index contributed by atoms with van der Waals surface area (Å²) in [5.74, 6) is -0.769. The van der Waals surface area contributed by atoms with Crippen LogP contribution in [0.15, 0.2) is 46.2 Å². The van der Waals surface area contributed by atoms with Gasteiger partial charge in [-0.3, -0.25) is 4.79 Å². The molecule has 1 N–H and O–H groups in total. The maximum absolute atomic E-state index is 12.1. The zero-order valence-electron chi connectivity index (χ0n) is 10.9. The Morgan fingerprint density at radius 1 is 1.30 bits per heavy atom. The van der Waals surface area contributed by atoms with Crippen molar-refractivity contribution in [1.82, 2.24) is 0 Å². The summed E-state index contributed by atoms with van der Waals surface area (Å²) in [6.07, 6.45) is 2.97.